The first-order chi connectivity index (χ1) is 18.4. The molecular formula is C27H23F5N6O. The molecule has 1 unspecified atom stereocenters. The Kier molecular flexibility index (Phi) is 5.62. The number of aromatic nitrogens is 6. The van der Waals surface area contributed by atoms with Crippen LogP contribution in [0.1, 0.15) is 49.6 Å². The molecule has 1 fully saturated rings. The largest absolute Gasteiger partial charge is 0.416 e. The number of fused-ring (bicyclic) bond motifs is 5. The molecule has 0 saturated heterocycles. The lowest BCUT2D eigenvalue weighted by atomic mass is 9.66. The van der Waals surface area contributed by atoms with Gasteiger partial charge in [-0.3, -0.25) is 9.67 Å². The van der Waals surface area contributed by atoms with Gasteiger partial charge in [-0.15, -0.1) is 5.10 Å². The second kappa shape index (κ2) is 8.60. The molecule has 3 heterocycles. The van der Waals surface area contributed by atoms with Crippen molar-refractivity contribution in [2.75, 3.05) is 0 Å². The number of hydrogen-bond acceptors (Lipinski definition) is 6. The van der Waals surface area contributed by atoms with Gasteiger partial charge in [0.2, 0.25) is 0 Å². The Morgan fingerprint density at radius 3 is 2.51 bits per heavy atom. The quantitative estimate of drug-likeness (QED) is 0.349. The minimum absolute atomic E-state index is 0.0325. The van der Waals surface area contributed by atoms with E-state index in [0.29, 0.717) is 29.2 Å². The van der Waals surface area contributed by atoms with Crippen molar-refractivity contribution in [2.45, 2.75) is 56.8 Å². The van der Waals surface area contributed by atoms with Crippen LogP contribution >= 0.6 is 0 Å². The number of benzene rings is 1. The molecule has 7 nitrogen and oxygen atoms in total. The van der Waals surface area contributed by atoms with Crippen LogP contribution in [0.4, 0.5) is 22.0 Å². The fraction of sp³-hybridized carbons (Fsp3) is 0.370. The van der Waals surface area contributed by atoms with Crippen molar-refractivity contribution in [2.24, 2.45) is 5.41 Å². The summed E-state index contributed by atoms with van der Waals surface area (Å²) in [6.45, 7) is 3.44. The van der Waals surface area contributed by atoms with Crippen molar-refractivity contribution in [3.8, 4) is 22.6 Å². The summed E-state index contributed by atoms with van der Waals surface area (Å²) in [5, 5.41) is 22.3. The van der Waals surface area contributed by atoms with E-state index in [2.05, 4.69) is 34.1 Å². The lowest BCUT2D eigenvalue weighted by Gasteiger charge is -2.37. The Labute approximate surface area is 219 Å². The van der Waals surface area contributed by atoms with Crippen LogP contribution in [0.5, 0.6) is 0 Å². The number of alkyl halides is 3. The van der Waals surface area contributed by atoms with Gasteiger partial charge in [-0.1, -0.05) is 19.9 Å². The third-order valence-electron chi connectivity index (χ3n) is 8.31. The third kappa shape index (κ3) is 3.75. The van der Waals surface area contributed by atoms with Crippen LogP contribution in [0.15, 0.2) is 48.9 Å². The van der Waals surface area contributed by atoms with Gasteiger partial charge < -0.3 is 5.11 Å². The summed E-state index contributed by atoms with van der Waals surface area (Å²) in [6, 6.07) is 6.87. The van der Waals surface area contributed by atoms with E-state index >= 15 is 0 Å². The fourth-order valence-corrected chi connectivity index (χ4v) is 6.33. The number of aliphatic hydroxyl groups excluding tert-OH is 1. The smallest absolute Gasteiger partial charge is 0.382 e. The molecule has 0 amide bonds. The second-order valence-corrected chi connectivity index (χ2v) is 10.6. The van der Waals surface area contributed by atoms with Crippen molar-refractivity contribution < 1.29 is 27.1 Å². The Bertz CT molecular complexity index is 1560. The van der Waals surface area contributed by atoms with Gasteiger partial charge in [0.25, 0.3) is 0 Å². The second-order valence-electron chi connectivity index (χ2n) is 10.6. The number of rotatable bonds is 5. The van der Waals surface area contributed by atoms with E-state index in [1.807, 2.05) is 0 Å². The highest BCUT2D eigenvalue weighted by atomic mass is 19.4. The van der Waals surface area contributed by atoms with E-state index in [0.717, 1.165) is 16.7 Å². The van der Waals surface area contributed by atoms with E-state index in [1.54, 1.807) is 12.3 Å². The summed E-state index contributed by atoms with van der Waals surface area (Å²) in [5.74, 6) is -1.41. The zero-order valence-electron chi connectivity index (χ0n) is 20.9. The maximum absolute atomic E-state index is 14.5. The average molecular weight is 543 g/mol. The molecule has 39 heavy (non-hydrogen) atoms. The number of nitrogens with zero attached hydrogens (tertiary/aromatic N) is 6. The maximum atomic E-state index is 14.5. The molecule has 2 aliphatic rings. The van der Waals surface area contributed by atoms with Gasteiger partial charge in [-0.25, -0.2) is 13.8 Å². The van der Waals surface area contributed by atoms with Crippen LogP contribution in [0.2, 0.25) is 0 Å². The highest BCUT2D eigenvalue weighted by Crippen LogP contribution is 2.69. The van der Waals surface area contributed by atoms with Gasteiger partial charge in [0.1, 0.15) is 23.0 Å². The van der Waals surface area contributed by atoms with Crippen LogP contribution < -0.4 is 0 Å². The van der Waals surface area contributed by atoms with E-state index < -0.39 is 35.9 Å². The minimum Gasteiger partial charge on any atom is -0.382 e. The molecule has 1 saturated carbocycles. The summed E-state index contributed by atoms with van der Waals surface area (Å²) in [7, 11) is 0. The maximum Gasteiger partial charge on any atom is 0.416 e. The summed E-state index contributed by atoms with van der Waals surface area (Å²) in [5.41, 5.74) is 1.61. The van der Waals surface area contributed by atoms with Crippen LogP contribution in [0.3, 0.4) is 0 Å². The fourth-order valence-electron chi connectivity index (χ4n) is 6.33. The molecule has 0 aliphatic heterocycles. The van der Waals surface area contributed by atoms with Gasteiger partial charge in [-0.05, 0) is 54.0 Å². The third-order valence-corrected chi connectivity index (χ3v) is 8.31. The predicted molar refractivity (Wildman–Crippen MR) is 129 cm³/mol. The molecule has 2 bridgehead atoms. The van der Waals surface area contributed by atoms with Crippen molar-refractivity contribution in [3.63, 3.8) is 0 Å². The van der Waals surface area contributed by atoms with Crippen LogP contribution in [-0.2, 0) is 12.0 Å². The lowest BCUT2D eigenvalue weighted by molar-refractivity contribution is -0.208. The number of aliphatic hydroxyl groups is 1. The monoisotopic (exact) mass is 542 g/mol. The molecular weight excluding hydrogens is 519 g/mol. The highest BCUT2D eigenvalue weighted by Gasteiger charge is 2.65. The number of halogens is 5. The molecule has 2 aliphatic carbocycles. The topological polar surface area (TPSA) is 89.6 Å². The molecule has 1 aromatic carbocycles. The zero-order valence-corrected chi connectivity index (χ0v) is 20.9. The Morgan fingerprint density at radius 1 is 1.05 bits per heavy atom. The summed E-state index contributed by atoms with van der Waals surface area (Å²) in [4.78, 5) is 9.19. The molecule has 6 rings (SSSR count). The van der Waals surface area contributed by atoms with E-state index in [-0.39, 0.29) is 22.6 Å². The lowest BCUT2D eigenvalue weighted by Crippen LogP contribution is -2.38. The first kappa shape index (κ1) is 25.5. The summed E-state index contributed by atoms with van der Waals surface area (Å²) < 4.78 is 68.3. The van der Waals surface area contributed by atoms with Gasteiger partial charge in [-0.2, -0.15) is 23.4 Å². The predicted octanol–water partition coefficient (Wildman–Crippen LogP) is 5.20. The first-order valence-electron chi connectivity index (χ1n) is 12.4. The Morgan fingerprint density at radius 2 is 1.79 bits per heavy atom. The van der Waals surface area contributed by atoms with E-state index in [9.17, 15) is 27.1 Å². The van der Waals surface area contributed by atoms with Crippen molar-refractivity contribution in [3.05, 3.63) is 77.5 Å². The average Bonchev–Trinajstić information content (AvgIpc) is 3.51. The van der Waals surface area contributed by atoms with E-state index in [4.69, 9.17) is 4.98 Å². The Hall–Kier alpha value is -3.80. The molecule has 3 aromatic heterocycles. The zero-order chi connectivity index (χ0) is 27.7. The molecule has 12 heteroatoms. The SMILES string of the molecule is CC1(C)[C@H]2CC[C@]1(c1cncc(-c3ccn(CC(O)C(F)(F)F)n3)n1)c1nnc(-c3c(F)cccc3F)cc12. The molecule has 3 atom stereocenters. The molecule has 1 N–H and O–H groups in total. The molecule has 202 valence electrons. The number of hydrogen-bond donors (Lipinski definition) is 1. The van der Waals surface area contributed by atoms with Crippen LogP contribution in [0.25, 0.3) is 22.6 Å². The Balaban J connectivity index is 1.40. The van der Waals surface area contributed by atoms with Gasteiger partial charge in [0.15, 0.2) is 6.10 Å². The van der Waals surface area contributed by atoms with Crippen LogP contribution in [-0.4, -0.2) is 47.3 Å². The summed E-state index contributed by atoms with van der Waals surface area (Å²) >= 11 is 0. The normalized spacial score (nSPS) is 22.2. The van der Waals surface area contributed by atoms with Gasteiger partial charge in [0.05, 0.1) is 40.8 Å². The van der Waals surface area contributed by atoms with Gasteiger partial charge in [0, 0.05) is 12.4 Å². The van der Waals surface area contributed by atoms with Crippen LogP contribution in [0, 0.1) is 17.0 Å². The molecule has 4 aromatic rings. The van der Waals surface area contributed by atoms with Crippen molar-refractivity contribution >= 4 is 0 Å². The van der Waals surface area contributed by atoms with Crippen molar-refractivity contribution in [1.82, 2.24) is 29.9 Å². The van der Waals surface area contributed by atoms with Crippen molar-refractivity contribution in [1.29, 1.82) is 0 Å². The minimum atomic E-state index is -4.76. The first-order valence-corrected chi connectivity index (χ1v) is 12.4. The highest BCUT2D eigenvalue weighted by molar-refractivity contribution is 5.64. The standard InChI is InChI=1S/C27H23F5N6O/c1-25(2)15-6-8-26(25,24-14(15)10-19(35-36-24)23-16(28)4-3-5-17(23)29)21-12-33-11-20(34-21)18-7-9-38(37-18)13-22(39)27(30,31)32/h3-5,7,9-12,15,22,39H,6,8,13H2,1-2H3/t15-,22?,26-/m0/s1. The van der Waals surface area contributed by atoms with E-state index in [1.165, 1.54) is 36.7 Å². The molecule has 0 radical (unpaired) electrons. The van der Waals surface area contributed by atoms with Gasteiger partial charge >= 0.3 is 6.18 Å². The molecule has 0 spiro atoms. The summed E-state index contributed by atoms with van der Waals surface area (Å²) in [6.07, 6.45) is -1.37.